The van der Waals surface area contributed by atoms with Gasteiger partial charge in [-0.1, -0.05) is 0 Å². The van der Waals surface area contributed by atoms with Crippen LogP contribution in [0.3, 0.4) is 0 Å². The molecule has 4 heteroatoms. The van der Waals surface area contributed by atoms with E-state index >= 15 is 0 Å². The summed E-state index contributed by atoms with van der Waals surface area (Å²) in [5.74, 6) is -1.30. The summed E-state index contributed by atoms with van der Waals surface area (Å²) in [7, 11) is 0. The first-order valence-corrected chi connectivity index (χ1v) is 5.06. The summed E-state index contributed by atoms with van der Waals surface area (Å²) in [6.07, 6.45) is 0. The summed E-state index contributed by atoms with van der Waals surface area (Å²) in [6, 6.07) is 7.54. The lowest BCUT2D eigenvalue weighted by atomic mass is 10.1. The highest BCUT2D eigenvalue weighted by molar-refractivity contribution is 5.96. The Morgan fingerprint density at radius 1 is 1.50 bits per heavy atom. The molecular weight excluding hydrogens is 207 g/mol. The van der Waals surface area contributed by atoms with E-state index in [-0.39, 0.29) is 11.7 Å². The van der Waals surface area contributed by atoms with Crippen LogP contribution in [0, 0.1) is 23.1 Å². The lowest BCUT2D eigenvalue weighted by molar-refractivity contribution is -0.120. The number of halogens is 1. The molecule has 0 aliphatic carbocycles. The Bertz CT molecular complexity index is 408. The molecule has 1 unspecified atom stereocenters. The molecule has 0 radical (unpaired) electrons. The van der Waals surface area contributed by atoms with Crippen LogP contribution in [0.2, 0.25) is 0 Å². The normalized spacial score (nSPS) is 11.6. The zero-order valence-electron chi connectivity index (χ0n) is 9.27. The SMILES string of the molecule is CCN(C(=O)C(C)C#N)c1ccc(F)cc1. The van der Waals surface area contributed by atoms with Crippen molar-refractivity contribution in [3.8, 4) is 6.07 Å². The number of amides is 1. The highest BCUT2D eigenvalue weighted by atomic mass is 19.1. The fourth-order valence-corrected chi connectivity index (χ4v) is 1.38. The Morgan fingerprint density at radius 3 is 2.50 bits per heavy atom. The minimum atomic E-state index is -0.690. The molecular formula is C12H13FN2O. The molecule has 0 heterocycles. The molecule has 0 bridgehead atoms. The van der Waals surface area contributed by atoms with Gasteiger partial charge in [0, 0.05) is 12.2 Å². The van der Waals surface area contributed by atoms with Gasteiger partial charge < -0.3 is 4.90 Å². The molecule has 0 saturated carbocycles. The number of carbonyl (C=O) groups excluding carboxylic acids is 1. The van der Waals surface area contributed by atoms with Crippen LogP contribution in [-0.2, 0) is 4.79 Å². The van der Waals surface area contributed by atoms with Crippen LogP contribution in [0.5, 0.6) is 0 Å². The van der Waals surface area contributed by atoms with Crippen LogP contribution in [0.4, 0.5) is 10.1 Å². The molecule has 84 valence electrons. The van der Waals surface area contributed by atoms with E-state index in [1.165, 1.54) is 29.2 Å². The third-order valence-corrected chi connectivity index (χ3v) is 2.28. The first-order chi connectivity index (χ1) is 7.60. The van der Waals surface area contributed by atoms with Crippen molar-refractivity contribution in [1.82, 2.24) is 0 Å². The smallest absolute Gasteiger partial charge is 0.244 e. The largest absolute Gasteiger partial charge is 0.312 e. The van der Waals surface area contributed by atoms with Crippen LogP contribution >= 0.6 is 0 Å². The monoisotopic (exact) mass is 220 g/mol. The van der Waals surface area contributed by atoms with Crippen molar-refractivity contribution in [1.29, 1.82) is 5.26 Å². The quantitative estimate of drug-likeness (QED) is 0.784. The number of hydrogen-bond donors (Lipinski definition) is 0. The average Bonchev–Trinajstić information content (AvgIpc) is 2.31. The van der Waals surface area contributed by atoms with E-state index in [1.807, 2.05) is 13.0 Å². The molecule has 0 saturated heterocycles. The number of rotatable bonds is 3. The molecule has 0 aliphatic rings. The molecule has 1 aromatic carbocycles. The highest BCUT2D eigenvalue weighted by Gasteiger charge is 2.19. The van der Waals surface area contributed by atoms with Crippen molar-refractivity contribution < 1.29 is 9.18 Å². The Hall–Kier alpha value is -1.89. The van der Waals surface area contributed by atoms with Crippen molar-refractivity contribution >= 4 is 11.6 Å². The number of carbonyl (C=O) groups is 1. The van der Waals surface area contributed by atoms with Crippen molar-refractivity contribution in [3.05, 3.63) is 30.1 Å². The van der Waals surface area contributed by atoms with E-state index < -0.39 is 5.92 Å². The zero-order chi connectivity index (χ0) is 12.1. The first-order valence-electron chi connectivity index (χ1n) is 5.06. The predicted octanol–water partition coefficient (Wildman–Crippen LogP) is 2.34. The third kappa shape index (κ3) is 2.57. The molecule has 1 atom stereocenters. The Kier molecular flexibility index (Phi) is 4.01. The van der Waals surface area contributed by atoms with Crippen LogP contribution in [0.1, 0.15) is 13.8 Å². The molecule has 0 aliphatic heterocycles. The van der Waals surface area contributed by atoms with Gasteiger partial charge in [-0.2, -0.15) is 5.26 Å². The zero-order valence-corrected chi connectivity index (χ0v) is 9.27. The Balaban J connectivity index is 2.95. The highest BCUT2D eigenvalue weighted by Crippen LogP contribution is 2.16. The summed E-state index contributed by atoms with van der Waals surface area (Å²) in [5.41, 5.74) is 0.607. The average molecular weight is 220 g/mol. The first kappa shape index (κ1) is 12.2. The maximum absolute atomic E-state index is 12.7. The summed E-state index contributed by atoms with van der Waals surface area (Å²) in [6.45, 7) is 3.82. The van der Waals surface area contributed by atoms with Crippen molar-refractivity contribution in [2.75, 3.05) is 11.4 Å². The standard InChI is InChI=1S/C12H13FN2O/c1-3-15(12(16)9(2)8-14)11-6-4-10(13)5-7-11/h4-7,9H,3H2,1-2H3. The van der Waals surface area contributed by atoms with Crippen molar-refractivity contribution in [2.45, 2.75) is 13.8 Å². The lowest BCUT2D eigenvalue weighted by Crippen LogP contribution is -2.34. The van der Waals surface area contributed by atoms with E-state index in [1.54, 1.807) is 6.92 Å². The van der Waals surface area contributed by atoms with Gasteiger partial charge in [0.1, 0.15) is 11.7 Å². The summed E-state index contributed by atoms with van der Waals surface area (Å²) in [5, 5.41) is 8.68. The van der Waals surface area contributed by atoms with E-state index in [2.05, 4.69) is 0 Å². The van der Waals surface area contributed by atoms with Crippen molar-refractivity contribution in [3.63, 3.8) is 0 Å². The Morgan fingerprint density at radius 2 is 2.06 bits per heavy atom. The molecule has 0 spiro atoms. The third-order valence-electron chi connectivity index (χ3n) is 2.28. The van der Waals surface area contributed by atoms with Crippen LogP contribution in [-0.4, -0.2) is 12.5 Å². The van der Waals surface area contributed by atoms with Crippen LogP contribution in [0.25, 0.3) is 0 Å². The topological polar surface area (TPSA) is 44.1 Å². The lowest BCUT2D eigenvalue weighted by Gasteiger charge is -2.21. The van der Waals surface area contributed by atoms with Gasteiger partial charge in [0.25, 0.3) is 0 Å². The fraction of sp³-hybridized carbons (Fsp3) is 0.333. The van der Waals surface area contributed by atoms with Gasteiger partial charge in [0.2, 0.25) is 5.91 Å². The van der Waals surface area contributed by atoms with Gasteiger partial charge in [-0.3, -0.25) is 4.79 Å². The fourth-order valence-electron chi connectivity index (χ4n) is 1.38. The van der Waals surface area contributed by atoms with Crippen molar-refractivity contribution in [2.24, 2.45) is 5.92 Å². The second-order valence-corrected chi connectivity index (χ2v) is 3.41. The molecule has 1 aromatic rings. The number of nitriles is 1. The van der Waals surface area contributed by atoms with E-state index in [0.29, 0.717) is 12.2 Å². The molecule has 0 fully saturated rings. The van der Waals surface area contributed by atoms with E-state index in [9.17, 15) is 9.18 Å². The van der Waals surface area contributed by atoms with Gasteiger partial charge in [-0.15, -0.1) is 0 Å². The van der Waals surface area contributed by atoms with E-state index in [0.717, 1.165) is 0 Å². The van der Waals surface area contributed by atoms with E-state index in [4.69, 9.17) is 5.26 Å². The number of anilines is 1. The molecule has 16 heavy (non-hydrogen) atoms. The van der Waals surface area contributed by atoms with Gasteiger partial charge in [-0.25, -0.2) is 4.39 Å². The molecule has 0 aromatic heterocycles. The second kappa shape index (κ2) is 5.26. The van der Waals surface area contributed by atoms with Gasteiger partial charge in [0.05, 0.1) is 6.07 Å². The van der Waals surface area contributed by atoms with Gasteiger partial charge in [0.15, 0.2) is 0 Å². The minimum Gasteiger partial charge on any atom is -0.312 e. The number of benzene rings is 1. The summed E-state index contributed by atoms with van der Waals surface area (Å²) < 4.78 is 12.7. The maximum Gasteiger partial charge on any atom is 0.244 e. The minimum absolute atomic E-state index is 0.267. The molecule has 1 amide bonds. The number of nitrogens with zero attached hydrogens (tertiary/aromatic N) is 2. The molecule has 1 rings (SSSR count). The number of hydrogen-bond acceptors (Lipinski definition) is 2. The molecule has 3 nitrogen and oxygen atoms in total. The van der Waals surface area contributed by atoms with Gasteiger partial charge in [-0.05, 0) is 38.1 Å². The Labute approximate surface area is 94.1 Å². The molecule has 0 N–H and O–H groups in total. The van der Waals surface area contributed by atoms with Crippen LogP contribution < -0.4 is 4.90 Å². The van der Waals surface area contributed by atoms with Gasteiger partial charge >= 0.3 is 0 Å². The summed E-state index contributed by atoms with van der Waals surface area (Å²) in [4.78, 5) is 13.3. The summed E-state index contributed by atoms with van der Waals surface area (Å²) >= 11 is 0. The van der Waals surface area contributed by atoms with Crippen LogP contribution in [0.15, 0.2) is 24.3 Å². The predicted molar refractivity (Wildman–Crippen MR) is 59.2 cm³/mol. The second-order valence-electron chi connectivity index (χ2n) is 3.41. The maximum atomic E-state index is 12.7.